The van der Waals surface area contributed by atoms with E-state index in [1.54, 1.807) is 0 Å². The summed E-state index contributed by atoms with van der Waals surface area (Å²) in [6.45, 7) is 19.6. The second kappa shape index (κ2) is 16.5. The van der Waals surface area contributed by atoms with Crippen LogP contribution in [0.4, 0.5) is 0 Å². The molecule has 0 bridgehead atoms. The average Bonchev–Trinajstić information content (AvgIpc) is 3.64. The van der Waals surface area contributed by atoms with E-state index in [1.165, 1.54) is 60.7 Å². The van der Waals surface area contributed by atoms with Gasteiger partial charge in [0, 0.05) is 77.0 Å². The van der Waals surface area contributed by atoms with Crippen molar-refractivity contribution in [2.75, 3.05) is 0 Å². The number of benzene rings is 4. The molecule has 0 aliphatic rings. The number of aromatic nitrogens is 2. The predicted molar refractivity (Wildman–Crippen MR) is 222 cm³/mol. The van der Waals surface area contributed by atoms with Crippen LogP contribution in [0, 0.1) is 23.3 Å². The van der Waals surface area contributed by atoms with Gasteiger partial charge >= 0.3 is 0 Å². The molecule has 5 heteroatoms. The molecular weight excluding hydrogens is 829 g/mol. The molecule has 0 unspecified atom stereocenters. The summed E-state index contributed by atoms with van der Waals surface area (Å²) in [6, 6.07) is 30.4. The minimum atomic E-state index is 0. The van der Waals surface area contributed by atoms with E-state index < -0.39 is 0 Å². The zero-order valence-electron chi connectivity index (χ0n) is 32.9. The largest absolute Gasteiger partial charge is 0.512 e. The molecule has 0 saturated heterocycles. The van der Waals surface area contributed by atoms with E-state index in [1.807, 2.05) is 33.9 Å². The molecule has 4 nitrogen and oxygen atoms in total. The number of allylic oxidation sites excluding steroid dienone is 2. The third-order valence-corrected chi connectivity index (χ3v) is 10.8. The quantitative estimate of drug-likeness (QED) is 0.0846. The van der Waals surface area contributed by atoms with Crippen molar-refractivity contribution < 1.29 is 30.0 Å². The number of aliphatic hydroxyl groups is 1. The molecule has 1 N–H and O–H groups in total. The van der Waals surface area contributed by atoms with Gasteiger partial charge in [0.2, 0.25) is 0 Å². The van der Waals surface area contributed by atoms with Crippen LogP contribution in [-0.2, 0) is 31.3 Å². The molecule has 0 spiro atoms. The number of pyridine rings is 1. The molecular formula is C48H55IrN2O2-. The number of hydrogen-bond acceptors (Lipinski definition) is 3. The van der Waals surface area contributed by atoms with Gasteiger partial charge in [-0.3, -0.25) is 9.78 Å². The summed E-state index contributed by atoms with van der Waals surface area (Å²) in [6.07, 6.45) is 7.91. The first-order valence-electron chi connectivity index (χ1n) is 19.4. The van der Waals surface area contributed by atoms with Crippen LogP contribution in [0.25, 0.3) is 60.1 Å². The SMILES string of the molecule is CC(C)c1cc(-c2nccc3c4ccc(CC(C)(C)C)c5c6ccccc6n(c23)c45)[c-]c2ccccc12.CCC(CC)C(=O)/C=C(\O)C(CC)CC.[Ir]. The van der Waals surface area contributed by atoms with Crippen molar-refractivity contribution in [1.29, 1.82) is 0 Å². The molecule has 279 valence electrons. The van der Waals surface area contributed by atoms with Crippen molar-refractivity contribution in [3.8, 4) is 11.3 Å². The van der Waals surface area contributed by atoms with E-state index in [0.717, 1.165) is 48.7 Å². The summed E-state index contributed by atoms with van der Waals surface area (Å²) in [4.78, 5) is 16.7. The fourth-order valence-corrected chi connectivity index (χ4v) is 8.07. The fourth-order valence-electron chi connectivity index (χ4n) is 8.07. The summed E-state index contributed by atoms with van der Waals surface area (Å²) in [5, 5.41) is 17.4. The average molecular weight is 884 g/mol. The van der Waals surface area contributed by atoms with Crippen LogP contribution in [0.2, 0.25) is 0 Å². The summed E-state index contributed by atoms with van der Waals surface area (Å²) in [5.74, 6) is 0.956. The summed E-state index contributed by atoms with van der Waals surface area (Å²) < 4.78 is 2.47. The van der Waals surface area contributed by atoms with Crippen LogP contribution in [0.15, 0.2) is 90.8 Å². The minimum Gasteiger partial charge on any atom is -0.512 e. The summed E-state index contributed by atoms with van der Waals surface area (Å²) in [7, 11) is 0. The maximum Gasteiger partial charge on any atom is 0.162 e. The molecule has 7 rings (SSSR count). The minimum absolute atomic E-state index is 0. The molecule has 1 radical (unpaired) electrons. The van der Waals surface area contributed by atoms with Crippen molar-refractivity contribution >= 4 is 54.7 Å². The molecule has 3 aromatic heterocycles. The van der Waals surface area contributed by atoms with E-state index in [9.17, 15) is 9.90 Å². The monoisotopic (exact) mass is 884 g/mol. The van der Waals surface area contributed by atoms with Gasteiger partial charge in [-0.2, -0.15) is 0 Å². The van der Waals surface area contributed by atoms with Crippen LogP contribution in [0.3, 0.4) is 0 Å². The Bertz CT molecular complexity index is 2390. The van der Waals surface area contributed by atoms with Crippen molar-refractivity contribution in [3.05, 3.63) is 108 Å². The predicted octanol–water partition coefficient (Wildman–Crippen LogP) is 13.4. The molecule has 0 aliphatic heterocycles. The number of para-hydroxylation sites is 1. The van der Waals surface area contributed by atoms with Gasteiger partial charge in [-0.25, -0.2) is 0 Å². The third-order valence-electron chi connectivity index (χ3n) is 10.8. The standard InChI is InChI=1S/C35H31N2.C13H24O2.Ir/c1-21(2)29-19-24(18-22-10-6-7-11-25(22)29)32-34-27(16-17-36-32)26-15-14-23(20-35(3,4)5)31-28-12-8-9-13-30(28)37(34)33(26)31;1-5-10(6-2)12(14)9-13(15)11(7-3)8-4;/h6-17,19,21H,20H2,1-5H3;9-11,14H,5-8H2,1-4H3;/q-1;;/b;12-9-;. The van der Waals surface area contributed by atoms with Crippen LogP contribution >= 0.6 is 0 Å². The Balaban J connectivity index is 0.000000290. The number of fused-ring (bicyclic) bond motifs is 7. The van der Waals surface area contributed by atoms with Crippen molar-refractivity contribution in [1.82, 2.24) is 9.38 Å². The number of carbonyl (C=O) groups is 1. The topological polar surface area (TPSA) is 54.6 Å². The first-order valence-corrected chi connectivity index (χ1v) is 19.4. The van der Waals surface area contributed by atoms with Gasteiger partial charge in [0.25, 0.3) is 0 Å². The maximum absolute atomic E-state index is 11.7. The van der Waals surface area contributed by atoms with Gasteiger partial charge in [0.05, 0.1) is 16.8 Å². The van der Waals surface area contributed by atoms with Gasteiger partial charge in [0.1, 0.15) is 0 Å². The van der Waals surface area contributed by atoms with Crippen LogP contribution < -0.4 is 0 Å². The Morgan fingerprint density at radius 3 is 2.08 bits per heavy atom. The molecule has 7 aromatic rings. The van der Waals surface area contributed by atoms with Crippen molar-refractivity contribution in [2.24, 2.45) is 17.3 Å². The molecule has 3 heterocycles. The molecule has 0 saturated carbocycles. The first kappa shape index (κ1) is 40.1. The zero-order valence-corrected chi connectivity index (χ0v) is 35.3. The third kappa shape index (κ3) is 7.80. The van der Waals surface area contributed by atoms with E-state index in [0.29, 0.717) is 5.92 Å². The molecule has 0 amide bonds. The smallest absolute Gasteiger partial charge is 0.162 e. The number of nitrogens with zero attached hydrogens (tertiary/aromatic N) is 2. The van der Waals surface area contributed by atoms with Gasteiger partial charge in [-0.15, -0.1) is 29.1 Å². The number of aliphatic hydroxyl groups excluding tert-OH is 1. The van der Waals surface area contributed by atoms with Crippen LogP contribution in [0.1, 0.15) is 105 Å². The van der Waals surface area contributed by atoms with Gasteiger partial charge in [-0.1, -0.05) is 122 Å². The van der Waals surface area contributed by atoms with Crippen molar-refractivity contribution in [3.63, 3.8) is 0 Å². The summed E-state index contributed by atoms with van der Waals surface area (Å²) >= 11 is 0. The van der Waals surface area contributed by atoms with E-state index in [4.69, 9.17) is 4.98 Å². The zero-order chi connectivity index (χ0) is 37.3. The normalized spacial score (nSPS) is 12.5. The van der Waals surface area contributed by atoms with Gasteiger partial charge in [-0.05, 0) is 61.1 Å². The summed E-state index contributed by atoms with van der Waals surface area (Å²) in [5.41, 5.74) is 8.78. The van der Waals surface area contributed by atoms with E-state index >= 15 is 0 Å². The van der Waals surface area contributed by atoms with E-state index in [-0.39, 0.29) is 48.9 Å². The number of carbonyl (C=O) groups excluding carboxylic acids is 1. The fraction of sp³-hybridized carbons (Fsp3) is 0.375. The Kier molecular flexibility index (Phi) is 12.5. The second-order valence-electron chi connectivity index (χ2n) is 16.0. The number of hydrogen-bond donors (Lipinski definition) is 1. The maximum atomic E-state index is 11.7. The Labute approximate surface area is 329 Å². The molecule has 53 heavy (non-hydrogen) atoms. The first-order chi connectivity index (χ1) is 24.9. The molecule has 0 fully saturated rings. The molecule has 4 aromatic carbocycles. The second-order valence-corrected chi connectivity index (χ2v) is 16.0. The van der Waals surface area contributed by atoms with Crippen molar-refractivity contribution in [2.45, 2.75) is 100 Å². The Morgan fingerprint density at radius 1 is 0.811 bits per heavy atom. The van der Waals surface area contributed by atoms with Gasteiger partial charge in [0.15, 0.2) is 5.78 Å². The number of rotatable bonds is 10. The number of ketones is 1. The molecule has 0 aliphatic carbocycles. The Morgan fingerprint density at radius 2 is 1.43 bits per heavy atom. The molecule has 0 atom stereocenters. The van der Waals surface area contributed by atoms with Crippen LogP contribution in [-0.4, -0.2) is 20.3 Å². The Hall–Kier alpha value is -4.05. The van der Waals surface area contributed by atoms with E-state index in [2.05, 4.69) is 118 Å². The van der Waals surface area contributed by atoms with Gasteiger partial charge < -0.3 is 9.51 Å². The van der Waals surface area contributed by atoms with Crippen LogP contribution in [0.5, 0.6) is 0 Å².